The molecule has 4 atom stereocenters. The van der Waals surface area contributed by atoms with E-state index in [1.54, 1.807) is 5.57 Å². The number of carbonyl (C=O) groups excluding carboxylic acids is 3. The minimum Gasteiger partial charge on any atom is -0.465 e. The van der Waals surface area contributed by atoms with Crippen LogP contribution in [0, 0.1) is 28.6 Å². The van der Waals surface area contributed by atoms with E-state index in [2.05, 4.69) is 0 Å². The molecule has 0 radical (unpaired) electrons. The molecule has 0 bridgehead atoms. The average molecular weight is 387 g/mol. The van der Waals surface area contributed by atoms with Gasteiger partial charge in [-0.2, -0.15) is 0 Å². The summed E-state index contributed by atoms with van der Waals surface area (Å²) in [5.41, 5.74) is 2.22. The third-order valence-corrected chi connectivity index (χ3v) is 8.04. The highest BCUT2D eigenvalue weighted by molar-refractivity contribution is 5.88. The molecule has 0 amide bonds. The second-order valence-corrected chi connectivity index (χ2v) is 10.6. The van der Waals surface area contributed by atoms with Gasteiger partial charge in [0.25, 0.3) is 0 Å². The molecule has 28 heavy (non-hydrogen) atoms. The van der Waals surface area contributed by atoms with Crippen molar-refractivity contribution in [1.82, 2.24) is 0 Å². The number of hydrogen-bond acceptors (Lipinski definition) is 4. The summed E-state index contributed by atoms with van der Waals surface area (Å²) in [6.45, 7) is 5.96. The van der Waals surface area contributed by atoms with Crippen LogP contribution in [0.25, 0.3) is 0 Å². The minimum absolute atomic E-state index is 0.182. The summed E-state index contributed by atoms with van der Waals surface area (Å²) in [6, 6.07) is 0. The molecule has 0 aromatic carbocycles. The molecule has 3 unspecified atom stereocenters. The van der Waals surface area contributed by atoms with E-state index in [1.807, 2.05) is 20.8 Å². The zero-order chi connectivity index (χ0) is 20.1. The molecule has 2 fully saturated rings. The Morgan fingerprint density at radius 1 is 1.07 bits per heavy atom. The van der Waals surface area contributed by atoms with E-state index in [-0.39, 0.29) is 11.4 Å². The maximum atomic E-state index is 13.0. The maximum Gasteiger partial charge on any atom is 0.311 e. The number of Topliss-reactive ketones (excluding diaryl/α,β-unsaturated/α-hetero) is 2. The summed E-state index contributed by atoms with van der Waals surface area (Å²) in [6.07, 6.45) is 8.86. The lowest BCUT2D eigenvalue weighted by molar-refractivity contribution is -0.155. The summed E-state index contributed by atoms with van der Waals surface area (Å²) in [5, 5.41) is 0. The molecule has 2 saturated carbocycles. The Balaban J connectivity index is 1.50. The quantitative estimate of drug-likeness (QED) is 0.516. The van der Waals surface area contributed by atoms with Gasteiger partial charge < -0.3 is 4.74 Å². The van der Waals surface area contributed by atoms with Crippen LogP contribution < -0.4 is 0 Å². The van der Waals surface area contributed by atoms with Crippen molar-refractivity contribution in [3.63, 3.8) is 0 Å². The van der Waals surface area contributed by atoms with Crippen molar-refractivity contribution in [2.75, 3.05) is 6.61 Å². The molecular weight excluding hydrogens is 352 g/mol. The predicted octanol–water partition coefficient (Wildman–Crippen LogP) is 4.80. The maximum absolute atomic E-state index is 13.0. The first-order valence-electron chi connectivity index (χ1n) is 11.2. The number of hydrogen-bond donors (Lipinski definition) is 0. The van der Waals surface area contributed by atoms with Crippen LogP contribution in [0.4, 0.5) is 0 Å². The number of ether oxygens (including phenoxy) is 1. The number of esters is 1. The SMILES string of the molecule is CC(C)(C)C(=O)OCC[C@]12CCC3C4=C(CCC3C1CCC2=O)CC(=O)CC4. The second kappa shape index (κ2) is 7.11. The molecule has 0 aliphatic heterocycles. The van der Waals surface area contributed by atoms with Crippen LogP contribution in [0.1, 0.15) is 85.0 Å². The van der Waals surface area contributed by atoms with Crippen molar-refractivity contribution >= 4 is 17.5 Å². The molecule has 0 N–H and O–H groups in total. The van der Waals surface area contributed by atoms with Crippen LogP contribution in [0.3, 0.4) is 0 Å². The zero-order valence-corrected chi connectivity index (χ0v) is 17.6. The summed E-state index contributed by atoms with van der Waals surface area (Å²) < 4.78 is 5.56. The molecule has 154 valence electrons. The van der Waals surface area contributed by atoms with Crippen molar-refractivity contribution in [1.29, 1.82) is 0 Å². The van der Waals surface area contributed by atoms with Crippen LogP contribution in [-0.4, -0.2) is 24.1 Å². The molecule has 0 heterocycles. The molecule has 4 aliphatic rings. The predicted molar refractivity (Wildman–Crippen MR) is 107 cm³/mol. The monoisotopic (exact) mass is 386 g/mol. The normalized spacial score (nSPS) is 35.3. The Labute approximate surface area is 168 Å². The molecule has 4 nitrogen and oxygen atoms in total. The third kappa shape index (κ3) is 3.27. The molecule has 0 aromatic rings. The fraction of sp³-hybridized carbons (Fsp3) is 0.792. The van der Waals surface area contributed by atoms with E-state index in [4.69, 9.17) is 4.74 Å². The van der Waals surface area contributed by atoms with Gasteiger partial charge in [-0.1, -0.05) is 11.1 Å². The van der Waals surface area contributed by atoms with Gasteiger partial charge in [0.15, 0.2) is 0 Å². The van der Waals surface area contributed by atoms with Gasteiger partial charge in [-0.3, -0.25) is 14.4 Å². The fourth-order valence-electron chi connectivity index (χ4n) is 6.63. The van der Waals surface area contributed by atoms with E-state index in [0.717, 1.165) is 38.5 Å². The Morgan fingerprint density at radius 2 is 1.86 bits per heavy atom. The molecule has 4 rings (SSSR count). The van der Waals surface area contributed by atoms with Gasteiger partial charge in [0, 0.05) is 24.7 Å². The fourth-order valence-corrected chi connectivity index (χ4v) is 6.63. The smallest absolute Gasteiger partial charge is 0.311 e. The number of carbonyl (C=O) groups is 3. The first kappa shape index (κ1) is 19.8. The second-order valence-electron chi connectivity index (χ2n) is 10.6. The number of ketones is 2. The van der Waals surface area contributed by atoms with Gasteiger partial charge >= 0.3 is 5.97 Å². The van der Waals surface area contributed by atoms with Gasteiger partial charge in [0.1, 0.15) is 11.6 Å². The molecule has 0 spiro atoms. The lowest BCUT2D eigenvalue weighted by atomic mass is 9.53. The number of fused-ring (bicyclic) bond motifs is 4. The van der Waals surface area contributed by atoms with E-state index in [9.17, 15) is 14.4 Å². The zero-order valence-electron chi connectivity index (χ0n) is 17.6. The van der Waals surface area contributed by atoms with Gasteiger partial charge in [-0.25, -0.2) is 0 Å². The Morgan fingerprint density at radius 3 is 2.61 bits per heavy atom. The van der Waals surface area contributed by atoms with Crippen LogP contribution >= 0.6 is 0 Å². The first-order valence-corrected chi connectivity index (χ1v) is 11.2. The van der Waals surface area contributed by atoms with Gasteiger partial charge in [-0.05, 0) is 83.5 Å². The van der Waals surface area contributed by atoms with Crippen LogP contribution in [0.15, 0.2) is 11.1 Å². The van der Waals surface area contributed by atoms with Crippen LogP contribution in [-0.2, 0) is 19.1 Å². The van der Waals surface area contributed by atoms with Crippen LogP contribution in [0.5, 0.6) is 0 Å². The Kier molecular flexibility index (Phi) is 5.04. The van der Waals surface area contributed by atoms with E-state index >= 15 is 0 Å². The first-order chi connectivity index (χ1) is 13.2. The van der Waals surface area contributed by atoms with Crippen molar-refractivity contribution in [2.45, 2.75) is 85.0 Å². The van der Waals surface area contributed by atoms with E-state index in [1.165, 1.54) is 5.57 Å². The van der Waals surface area contributed by atoms with Gasteiger partial charge in [-0.15, -0.1) is 0 Å². The topological polar surface area (TPSA) is 60.4 Å². The van der Waals surface area contributed by atoms with E-state index < -0.39 is 5.41 Å². The Hall–Kier alpha value is -1.45. The standard InChI is InChI=1S/C24H34O4/c1-23(2,3)22(27)28-13-12-24-11-10-18-17-7-5-16(25)14-15(17)4-6-19(18)20(24)8-9-21(24)26/h18-20H,4-14H2,1-3H3/t18?,19?,20?,24-/m1/s1. The molecule has 4 aliphatic carbocycles. The molecule has 4 heteroatoms. The summed E-state index contributed by atoms with van der Waals surface area (Å²) in [4.78, 5) is 37.0. The van der Waals surface area contributed by atoms with Gasteiger partial charge in [0.05, 0.1) is 12.0 Å². The highest BCUT2D eigenvalue weighted by Gasteiger charge is 2.57. The largest absolute Gasteiger partial charge is 0.465 e. The number of allylic oxidation sites excluding steroid dienone is 2. The number of rotatable bonds is 3. The lowest BCUT2D eigenvalue weighted by Gasteiger charge is -2.51. The Bertz CT molecular complexity index is 725. The van der Waals surface area contributed by atoms with Crippen LogP contribution in [0.2, 0.25) is 0 Å². The third-order valence-electron chi connectivity index (χ3n) is 8.04. The van der Waals surface area contributed by atoms with Gasteiger partial charge in [0.2, 0.25) is 0 Å². The highest BCUT2D eigenvalue weighted by Crippen LogP contribution is 2.61. The summed E-state index contributed by atoms with van der Waals surface area (Å²) >= 11 is 0. The molecular formula is C24H34O4. The molecule has 0 aromatic heterocycles. The molecule has 0 saturated heterocycles. The van der Waals surface area contributed by atoms with Crippen molar-refractivity contribution < 1.29 is 19.1 Å². The summed E-state index contributed by atoms with van der Waals surface area (Å²) in [7, 11) is 0. The lowest BCUT2D eigenvalue weighted by Crippen LogP contribution is -2.46. The summed E-state index contributed by atoms with van der Waals surface area (Å²) in [5.74, 6) is 2.21. The van der Waals surface area contributed by atoms with Crippen molar-refractivity contribution in [3.05, 3.63) is 11.1 Å². The minimum atomic E-state index is -0.501. The van der Waals surface area contributed by atoms with Crippen molar-refractivity contribution in [3.8, 4) is 0 Å². The van der Waals surface area contributed by atoms with Crippen molar-refractivity contribution in [2.24, 2.45) is 28.6 Å². The average Bonchev–Trinajstić information content (AvgIpc) is 2.97. The van der Waals surface area contributed by atoms with E-state index in [0.29, 0.717) is 61.6 Å². The highest BCUT2D eigenvalue weighted by atomic mass is 16.5.